The van der Waals surface area contributed by atoms with Crippen LogP contribution in [0.5, 0.6) is 0 Å². The zero-order chi connectivity index (χ0) is 16.1. The van der Waals surface area contributed by atoms with Gasteiger partial charge in [0.2, 0.25) is 0 Å². The molecular weight excluding hydrogens is 290 g/mol. The maximum Gasteiger partial charge on any atom is 0.343 e. The summed E-state index contributed by atoms with van der Waals surface area (Å²) >= 11 is 0. The van der Waals surface area contributed by atoms with E-state index in [0.29, 0.717) is 11.5 Å². The number of aromatic nitrogens is 3. The van der Waals surface area contributed by atoms with E-state index in [1.807, 2.05) is 33.0 Å². The summed E-state index contributed by atoms with van der Waals surface area (Å²) in [6.45, 7) is 4.07. The van der Waals surface area contributed by atoms with Crippen molar-refractivity contribution in [1.29, 1.82) is 0 Å². The quantitative estimate of drug-likeness (QED) is 0.818. The van der Waals surface area contributed by atoms with Crippen LogP contribution in [0.1, 0.15) is 47.4 Å². The third-order valence-electron chi connectivity index (χ3n) is 5.54. The number of carbonyl (C=O) groups excluding carboxylic acids is 1. The van der Waals surface area contributed by atoms with Gasteiger partial charge < -0.3 is 9.30 Å². The van der Waals surface area contributed by atoms with Crippen LogP contribution < -0.4 is 0 Å². The molecule has 0 aliphatic heterocycles. The monoisotopic (exact) mass is 313 g/mol. The molecular formula is C18H23N3O2. The van der Waals surface area contributed by atoms with Gasteiger partial charge in [-0.1, -0.05) is 0 Å². The third kappa shape index (κ3) is 2.30. The summed E-state index contributed by atoms with van der Waals surface area (Å²) in [5, 5.41) is 4.29. The lowest BCUT2D eigenvalue weighted by molar-refractivity contribution is 0.0158. The predicted molar refractivity (Wildman–Crippen MR) is 86.7 cm³/mol. The first-order valence-corrected chi connectivity index (χ1v) is 8.43. The number of hydrogen-bond acceptors (Lipinski definition) is 3. The highest BCUT2D eigenvalue weighted by atomic mass is 16.5. The standard InChI is InChI=1S/C18H23N3O2/c1-11-4-5-12(2)21(11)17-15(10-19-20(17)3)18(22)23-16-9-13-6-7-14(16)8-13/h4-5,10,13-14,16H,6-9H2,1-3H3. The minimum absolute atomic E-state index is 0.0983. The van der Waals surface area contributed by atoms with Crippen molar-refractivity contribution >= 4 is 5.97 Å². The van der Waals surface area contributed by atoms with Gasteiger partial charge in [0, 0.05) is 18.4 Å². The second-order valence-corrected chi connectivity index (χ2v) is 7.08. The Morgan fingerprint density at radius 1 is 1.22 bits per heavy atom. The van der Waals surface area contributed by atoms with Crippen LogP contribution in [0.15, 0.2) is 18.3 Å². The van der Waals surface area contributed by atoms with Crippen LogP contribution in [0.25, 0.3) is 5.82 Å². The number of esters is 1. The summed E-state index contributed by atoms with van der Waals surface area (Å²) in [7, 11) is 1.86. The summed E-state index contributed by atoms with van der Waals surface area (Å²) < 4.78 is 9.66. The molecule has 0 N–H and O–H groups in total. The Kier molecular flexibility index (Phi) is 3.32. The lowest BCUT2D eigenvalue weighted by Crippen LogP contribution is -2.24. The van der Waals surface area contributed by atoms with Crippen molar-refractivity contribution in [2.45, 2.75) is 45.6 Å². The molecule has 2 bridgehead atoms. The number of nitrogens with zero attached hydrogens (tertiary/aromatic N) is 3. The van der Waals surface area contributed by atoms with E-state index in [9.17, 15) is 4.79 Å². The fourth-order valence-electron chi connectivity index (χ4n) is 4.37. The molecule has 23 heavy (non-hydrogen) atoms. The second-order valence-electron chi connectivity index (χ2n) is 7.08. The lowest BCUT2D eigenvalue weighted by Gasteiger charge is -2.22. The van der Waals surface area contributed by atoms with E-state index in [0.717, 1.165) is 29.5 Å². The van der Waals surface area contributed by atoms with Gasteiger partial charge in [-0.05, 0) is 63.5 Å². The molecule has 3 atom stereocenters. The molecule has 4 rings (SSSR count). The Morgan fingerprint density at radius 2 is 1.96 bits per heavy atom. The Morgan fingerprint density at radius 3 is 2.57 bits per heavy atom. The topological polar surface area (TPSA) is 49.1 Å². The maximum absolute atomic E-state index is 12.7. The Labute approximate surface area is 136 Å². The van der Waals surface area contributed by atoms with Gasteiger partial charge in [0.05, 0.1) is 6.20 Å². The normalized spacial score (nSPS) is 26.0. The lowest BCUT2D eigenvalue weighted by atomic mass is 9.98. The average molecular weight is 313 g/mol. The van der Waals surface area contributed by atoms with Crippen molar-refractivity contribution in [2.75, 3.05) is 0 Å². The Balaban J connectivity index is 1.64. The van der Waals surface area contributed by atoms with Gasteiger partial charge in [0.25, 0.3) is 0 Å². The number of carbonyl (C=O) groups is 1. The molecule has 0 spiro atoms. The number of fused-ring (bicyclic) bond motifs is 2. The summed E-state index contributed by atoms with van der Waals surface area (Å²) in [4.78, 5) is 12.7. The van der Waals surface area contributed by atoms with Crippen LogP contribution >= 0.6 is 0 Å². The van der Waals surface area contributed by atoms with Crippen molar-refractivity contribution in [3.05, 3.63) is 35.3 Å². The molecule has 2 aliphatic carbocycles. The van der Waals surface area contributed by atoms with Gasteiger partial charge in [-0.25, -0.2) is 4.79 Å². The van der Waals surface area contributed by atoms with Crippen LogP contribution in [0.3, 0.4) is 0 Å². The van der Waals surface area contributed by atoms with Gasteiger partial charge >= 0.3 is 5.97 Å². The highest BCUT2D eigenvalue weighted by molar-refractivity contribution is 5.93. The average Bonchev–Trinajstić information content (AvgIpc) is 3.26. The van der Waals surface area contributed by atoms with Gasteiger partial charge in [0.1, 0.15) is 17.5 Å². The molecule has 0 radical (unpaired) electrons. The van der Waals surface area contributed by atoms with Gasteiger partial charge in [-0.15, -0.1) is 0 Å². The first kappa shape index (κ1) is 14.5. The van der Waals surface area contributed by atoms with E-state index in [1.165, 1.54) is 19.3 Å². The number of hydrogen-bond donors (Lipinski definition) is 0. The molecule has 2 saturated carbocycles. The molecule has 2 aromatic rings. The molecule has 5 nitrogen and oxygen atoms in total. The van der Waals surface area contributed by atoms with Crippen molar-refractivity contribution in [3.63, 3.8) is 0 Å². The molecule has 5 heteroatoms. The Bertz CT molecular complexity index is 739. The molecule has 3 unspecified atom stereocenters. The smallest absolute Gasteiger partial charge is 0.343 e. The highest BCUT2D eigenvalue weighted by Gasteiger charge is 2.42. The van der Waals surface area contributed by atoms with Gasteiger partial charge in [-0.2, -0.15) is 5.10 Å². The summed E-state index contributed by atoms with van der Waals surface area (Å²) in [5.41, 5.74) is 2.72. The highest BCUT2D eigenvalue weighted by Crippen LogP contribution is 2.46. The van der Waals surface area contributed by atoms with Crippen LogP contribution in [0.2, 0.25) is 0 Å². The van der Waals surface area contributed by atoms with Crippen LogP contribution in [-0.2, 0) is 11.8 Å². The molecule has 0 saturated heterocycles. The minimum Gasteiger partial charge on any atom is -0.458 e. The number of aryl methyl sites for hydroxylation is 3. The van der Waals surface area contributed by atoms with Gasteiger partial charge in [-0.3, -0.25) is 4.68 Å². The molecule has 2 aliphatic rings. The van der Waals surface area contributed by atoms with E-state index in [2.05, 4.69) is 9.67 Å². The summed E-state index contributed by atoms with van der Waals surface area (Å²) in [6, 6.07) is 4.10. The first-order chi connectivity index (χ1) is 11.0. The first-order valence-electron chi connectivity index (χ1n) is 8.43. The van der Waals surface area contributed by atoms with Crippen molar-refractivity contribution < 1.29 is 9.53 Å². The van der Waals surface area contributed by atoms with Crippen LogP contribution in [-0.4, -0.2) is 26.4 Å². The van der Waals surface area contributed by atoms with Gasteiger partial charge in [0.15, 0.2) is 0 Å². The Hall–Kier alpha value is -2.04. The van der Waals surface area contributed by atoms with E-state index < -0.39 is 0 Å². The zero-order valence-corrected chi connectivity index (χ0v) is 14.0. The SMILES string of the molecule is Cc1ccc(C)n1-c1c(C(=O)OC2CC3CCC2C3)cnn1C. The van der Waals surface area contributed by atoms with Crippen molar-refractivity contribution in [1.82, 2.24) is 14.3 Å². The van der Waals surface area contributed by atoms with Crippen molar-refractivity contribution in [2.24, 2.45) is 18.9 Å². The number of ether oxygens (including phenoxy) is 1. The zero-order valence-electron chi connectivity index (χ0n) is 14.0. The molecule has 2 fully saturated rings. The third-order valence-corrected chi connectivity index (χ3v) is 5.54. The van der Waals surface area contributed by atoms with E-state index >= 15 is 0 Å². The van der Waals surface area contributed by atoms with E-state index in [4.69, 9.17) is 4.74 Å². The second kappa shape index (κ2) is 5.25. The summed E-state index contributed by atoms with van der Waals surface area (Å²) in [6.07, 6.45) is 6.50. The summed E-state index contributed by atoms with van der Waals surface area (Å²) in [5.74, 6) is 1.88. The fourth-order valence-corrected chi connectivity index (χ4v) is 4.37. The van der Waals surface area contributed by atoms with E-state index in [1.54, 1.807) is 10.9 Å². The molecule has 2 aromatic heterocycles. The minimum atomic E-state index is -0.238. The van der Waals surface area contributed by atoms with E-state index in [-0.39, 0.29) is 12.1 Å². The van der Waals surface area contributed by atoms with Crippen LogP contribution in [0.4, 0.5) is 0 Å². The molecule has 2 heterocycles. The predicted octanol–water partition coefficient (Wildman–Crippen LogP) is 3.17. The van der Waals surface area contributed by atoms with Crippen LogP contribution in [0, 0.1) is 25.7 Å². The largest absolute Gasteiger partial charge is 0.458 e. The molecule has 0 aromatic carbocycles. The maximum atomic E-state index is 12.7. The molecule has 0 amide bonds. The number of rotatable bonds is 3. The molecule has 122 valence electrons. The fraction of sp³-hybridized carbons (Fsp3) is 0.556. The van der Waals surface area contributed by atoms with Crippen molar-refractivity contribution in [3.8, 4) is 5.82 Å².